The monoisotopic (exact) mass is 1020 g/mol. The summed E-state index contributed by atoms with van der Waals surface area (Å²) in [5, 5.41) is 28.1. The molecule has 2 saturated heterocycles. The Labute approximate surface area is 405 Å². The van der Waals surface area contributed by atoms with Crippen LogP contribution in [0, 0.1) is 16.0 Å². The molecule has 0 spiro atoms. The summed E-state index contributed by atoms with van der Waals surface area (Å²) < 4.78 is 0. The van der Waals surface area contributed by atoms with Crippen molar-refractivity contribution >= 4 is 98.4 Å². The van der Waals surface area contributed by atoms with Gasteiger partial charge in [-0.2, -0.15) is 11.8 Å². The summed E-state index contributed by atoms with van der Waals surface area (Å²) in [7, 11) is 2.13. The van der Waals surface area contributed by atoms with Crippen LogP contribution in [0.2, 0.25) is 0 Å². The molecule has 16 N–H and O–H groups in total. The van der Waals surface area contributed by atoms with Crippen molar-refractivity contribution in [1.29, 1.82) is 0 Å². The number of hydrogen-bond donors (Lipinski definition) is 12. The van der Waals surface area contributed by atoms with Gasteiger partial charge in [0.25, 0.3) is 5.96 Å². The molecule has 2 aliphatic heterocycles. The first-order chi connectivity index (χ1) is 32.1. The Morgan fingerprint density at radius 2 is 1.41 bits per heavy atom. The smallest absolute Gasteiger partial charge is 0.251 e. The number of nitrogens with two attached hydrogens (primary N) is 4. The number of primary amides is 1. The summed E-state index contributed by atoms with van der Waals surface area (Å²) in [6, 6.07) is -8.56. The van der Waals surface area contributed by atoms with Crippen LogP contribution in [0.3, 0.4) is 0 Å². The van der Waals surface area contributed by atoms with E-state index in [1.54, 1.807) is 19.3 Å². The largest absolute Gasteiger partial charge is 0.370 e. The van der Waals surface area contributed by atoms with Gasteiger partial charge in [0.1, 0.15) is 42.3 Å². The van der Waals surface area contributed by atoms with Crippen LogP contribution in [0.1, 0.15) is 72.1 Å². The number of rotatable bonds is 16. The molecule has 2 rings (SSSR count). The van der Waals surface area contributed by atoms with Gasteiger partial charge in [0, 0.05) is 38.1 Å². The van der Waals surface area contributed by atoms with Gasteiger partial charge in [-0.15, -0.1) is 0 Å². The molecule has 2 aliphatic rings. The number of hydrazine groups is 1. The second-order valence-electron chi connectivity index (χ2n) is 16.1. The fraction of sp³-hybridized carbons (Fsp3) is 0.711. The summed E-state index contributed by atoms with van der Waals surface area (Å²) in [5.41, 5.74) is 23.7. The molecule has 0 aliphatic carbocycles. The molecule has 0 unspecified atom stereocenters. The molecule has 0 radical (unpaired) electrons. The SMILES string of the molecule is CSCC[C@@H]1NC(=O)[C@H](NC(C)=O)CSSC[C@@H](C(N)=O)NC(=O)CNC(=O)[C@H](CCCN=C(N)N)NC(=O)[C@H](CC(C)C)NC(=O)[C@H](CCCN=C(N)N[N+](=O)[O-])NC(=O)[C@@H]2CCCN2C1=O. The van der Waals surface area contributed by atoms with E-state index >= 15 is 0 Å². The number of amides is 9. The third kappa shape index (κ3) is 21.9. The van der Waals surface area contributed by atoms with Crippen molar-refractivity contribution in [1.82, 2.24) is 47.5 Å². The normalized spacial score (nSPS) is 24.5. The topological polar surface area (TPSA) is 425 Å². The second kappa shape index (κ2) is 30.6. The van der Waals surface area contributed by atoms with Gasteiger partial charge in [-0.05, 0) is 69.3 Å². The lowest BCUT2D eigenvalue weighted by Gasteiger charge is -2.31. The van der Waals surface area contributed by atoms with Gasteiger partial charge in [0.15, 0.2) is 11.0 Å². The highest BCUT2D eigenvalue weighted by Crippen LogP contribution is 2.24. The molecule has 2 heterocycles. The Balaban J connectivity index is 2.64. The number of nitrogens with zero attached hydrogens (tertiary/aromatic N) is 4. The van der Waals surface area contributed by atoms with Crippen LogP contribution in [0.4, 0.5) is 0 Å². The highest BCUT2D eigenvalue weighted by atomic mass is 33.1. The van der Waals surface area contributed by atoms with Gasteiger partial charge in [-0.3, -0.25) is 48.1 Å². The molecule has 30 heteroatoms. The maximum absolute atomic E-state index is 14.3. The van der Waals surface area contributed by atoms with E-state index in [4.69, 9.17) is 22.9 Å². The van der Waals surface area contributed by atoms with Gasteiger partial charge in [0.05, 0.1) is 6.54 Å². The van der Waals surface area contributed by atoms with Crippen LogP contribution >= 0.6 is 33.3 Å². The first-order valence-corrected chi connectivity index (χ1v) is 25.7. The van der Waals surface area contributed by atoms with Crippen LogP contribution < -0.4 is 65.6 Å². The molecular weight excluding hydrogens is 953 g/mol. The average molecular weight is 1020 g/mol. The quantitative estimate of drug-likeness (QED) is 0.0174. The van der Waals surface area contributed by atoms with Gasteiger partial charge in [0.2, 0.25) is 53.2 Å². The maximum atomic E-state index is 14.3. The number of nitrogens with one attached hydrogen (secondary N) is 8. The number of nitro groups is 1. The van der Waals surface area contributed by atoms with Gasteiger partial charge in [-0.25, -0.2) is 15.1 Å². The number of aliphatic imine (C=N–C) groups is 2. The Morgan fingerprint density at radius 3 is 2.01 bits per heavy atom. The van der Waals surface area contributed by atoms with Crippen molar-refractivity contribution in [3.8, 4) is 0 Å². The van der Waals surface area contributed by atoms with Crippen molar-refractivity contribution in [3.05, 3.63) is 10.1 Å². The van der Waals surface area contributed by atoms with Crippen molar-refractivity contribution in [2.75, 3.05) is 49.7 Å². The Morgan fingerprint density at radius 1 is 0.824 bits per heavy atom. The number of fused-ring (bicyclic) bond motifs is 1. The lowest BCUT2D eigenvalue weighted by Crippen LogP contribution is -2.59. The van der Waals surface area contributed by atoms with E-state index in [1.807, 2.05) is 6.26 Å². The zero-order valence-corrected chi connectivity index (χ0v) is 41.0. The predicted molar refractivity (Wildman–Crippen MR) is 257 cm³/mol. The molecule has 382 valence electrons. The Hall–Kier alpha value is -5.78. The predicted octanol–water partition coefficient (Wildman–Crippen LogP) is -4.37. The van der Waals surface area contributed by atoms with E-state index in [0.717, 1.165) is 21.6 Å². The van der Waals surface area contributed by atoms with E-state index in [-0.39, 0.29) is 88.0 Å². The Bertz CT molecular complexity index is 1860. The summed E-state index contributed by atoms with van der Waals surface area (Å²) in [4.78, 5) is 142. The molecule has 27 nitrogen and oxygen atoms in total. The minimum Gasteiger partial charge on any atom is -0.370 e. The van der Waals surface area contributed by atoms with Crippen LogP contribution in [0.15, 0.2) is 9.98 Å². The fourth-order valence-electron chi connectivity index (χ4n) is 6.84. The summed E-state index contributed by atoms with van der Waals surface area (Å²) in [5.74, 6) is -7.29. The third-order valence-corrected chi connectivity index (χ3v) is 13.2. The summed E-state index contributed by atoms with van der Waals surface area (Å²) >= 11 is 1.41. The minimum atomic E-state index is -1.36. The lowest BCUT2D eigenvalue weighted by atomic mass is 10.0. The van der Waals surface area contributed by atoms with Gasteiger partial charge < -0.3 is 65.1 Å². The summed E-state index contributed by atoms with van der Waals surface area (Å²) in [6.07, 6.45) is 2.69. The van der Waals surface area contributed by atoms with Crippen molar-refractivity contribution in [2.24, 2.45) is 38.8 Å². The zero-order valence-electron chi connectivity index (χ0n) is 38.5. The van der Waals surface area contributed by atoms with Crippen LogP contribution in [0.5, 0.6) is 0 Å². The third-order valence-electron chi connectivity index (χ3n) is 10.1. The molecule has 0 aromatic carbocycles. The fourth-order valence-corrected chi connectivity index (χ4v) is 9.65. The highest BCUT2D eigenvalue weighted by molar-refractivity contribution is 8.76. The van der Waals surface area contributed by atoms with E-state index in [2.05, 4.69) is 47.2 Å². The highest BCUT2D eigenvalue weighted by Gasteiger charge is 2.40. The molecule has 2 fully saturated rings. The average Bonchev–Trinajstić information content (AvgIpc) is 3.75. The second-order valence-corrected chi connectivity index (χ2v) is 19.7. The van der Waals surface area contributed by atoms with Crippen LogP contribution in [-0.2, 0) is 43.2 Å². The molecule has 0 bridgehead atoms. The van der Waals surface area contributed by atoms with Crippen LogP contribution in [-0.4, -0.2) is 167 Å². The van der Waals surface area contributed by atoms with Gasteiger partial charge >= 0.3 is 0 Å². The first kappa shape index (κ1) is 58.3. The molecular formula is C38H66N16O11S3. The number of hydrogen-bond acceptors (Lipinski definition) is 16. The van der Waals surface area contributed by atoms with E-state index < -0.39 is 113 Å². The molecule has 0 saturated carbocycles. The number of carbonyl (C=O) groups excluding carboxylic acids is 9. The first-order valence-electron chi connectivity index (χ1n) is 21.8. The lowest BCUT2D eigenvalue weighted by molar-refractivity contribution is -0.525. The van der Waals surface area contributed by atoms with E-state index in [9.17, 15) is 53.3 Å². The molecule has 0 aromatic rings. The summed E-state index contributed by atoms with van der Waals surface area (Å²) in [6.45, 7) is 4.21. The number of guanidine groups is 2. The van der Waals surface area contributed by atoms with Crippen molar-refractivity contribution < 1.29 is 48.2 Å². The van der Waals surface area contributed by atoms with Crippen molar-refractivity contribution in [2.45, 2.75) is 114 Å². The molecule has 0 aromatic heterocycles. The van der Waals surface area contributed by atoms with Gasteiger partial charge in [-0.1, -0.05) is 40.9 Å². The number of carbonyl (C=O) groups is 9. The zero-order chi connectivity index (χ0) is 50.9. The van der Waals surface area contributed by atoms with Crippen molar-refractivity contribution in [3.63, 3.8) is 0 Å². The number of thioether (sulfide) groups is 1. The van der Waals surface area contributed by atoms with E-state index in [1.165, 1.54) is 23.6 Å². The molecule has 7 atom stereocenters. The molecule has 9 amide bonds. The standard InChI is InChI=1S/C38H66N16O11S3/c1-20(2)16-25-33(60)48-22(8-5-12-43-37(40)41)31(58)45-17-29(56)47-26(30(39)57)18-67-68-19-27(46-21(3)55)34(61)50-24(11-15-66-4)36(63)53-14-7-10-28(53)35(62)49-23(32(59)51-25)9-6-13-44-38(42)52-54(64)65/h20,22-28H,5-19H2,1-4H3,(H2,39,57)(H,45,58)(H,46,55)(H,47,56)(H,48,60)(H,49,62)(H,50,61)(H,51,59)(H4,40,41,43)(H3,42,44,52)/t22-,23-,24-,25-,26-,27+,28-/m0/s1. The maximum Gasteiger partial charge on any atom is 0.251 e. The Kier molecular flexibility index (Phi) is 26.2. The minimum absolute atomic E-state index is 0.0318. The van der Waals surface area contributed by atoms with E-state index in [0.29, 0.717) is 12.2 Å². The van der Waals surface area contributed by atoms with Crippen LogP contribution in [0.25, 0.3) is 0 Å². The molecule has 68 heavy (non-hydrogen) atoms.